The molecule has 1 aromatic heterocycles. The van der Waals surface area contributed by atoms with E-state index >= 15 is 0 Å². The van der Waals surface area contributed by atoms with Gasteiger partial charge in [-0.15, -0.1) is 0 Å². The van der Waals surface area contributed by atoms with Gasteiger partial charge in [0.15, 0.2) is 0 Å². The van der Waals surface area contributed by atoms with Crippen LogP contribution in [0, 0.1) is 11.3 Å². The summed E-state index contributed by atoms with van der Waals surface area (Å²) >= 11 is 0. The van der Waals surface area contributed by atoms with Crippen LogP contribution in [0.4, 0.5) is 0 Å². The van der Waals surface area contributed by atoms with E-state index in [0.717, 1.165) is 5.92 Å². The number of hydrogen-bond acceptors (Lipinski definition) is 2. The number of aromatic nitrogens is 1. The summed E-state index contributed by atoms with van der Waals surface area (Å²) in [5.74, 6) is 0.904. The molecule has 1 heterocycles. The van der Waals surface area contributed by atoms with Gasteiger partial charge in [0.2, 0.25) is 0 Å². The molecule has 0 aliphatic heterocycles. The minimum atomic E-state index is 0.429. The number of nitrogens with one attached hydrogen (secondary N) is 1. The van der Waals surface area contributed by atoms with Crippen LogP contribution in [0.3, 0.4) is 0 Å². The van der Waals surface area contributed by atoms with Crippen molar-refractivity contribution >= 4 is 0 Å². The normalized spacial score (nSPS) is 25.4. The van der Waals surface area contributed by atoms with Crippen LogP contribution in [0.25, 0.3) is 0 Å². The van der Waals surface area contributed by atoms with E-state index in [2.05, 4.69) is 50.1 Å². The smallest absolute Gasteiger partial charge is 0.0295 e. The number of pyridine rings is 1. The highest BCUT2D eigenvalue weighted by atomic mass is 14.9. The molecule has 1 atom stereocenters. The van der Waals surface area contributed by atoms with Crippen molar-refractivity contribution in [3.8, 4) is 0 Å². The first-order valence-electron chi connectivity index (χ1n) is 8.19. The fraction of sp³-hybridized carbons (Fsp3) is 0.722. The molecule has 1 aromatic rings. The van der Waals surface area contributed by atoms with Crippen LogP contribution in [0.5, 0.6) is 0 Å². The Bertz CT molecular complexity index is 391. The van der Waals surface area contributed by atoms with Crippen molar-refractivity contribution in [3.05, 3.63) is 30.1 Å². The van der Waals surface area contributed by atoms with Gasteiger partial charge in [0.25, 0.3) is 0 Å². The summed E-state index contributed by atoms with van der Waals surface area (Å²) in [4.78, 5) is 4.09. The molecule has 1 N–H and O–H groups in total. The van der Waals surface area contributed by atoms with Crippen LogP contribution >= 0.6 is 0 Å². The third-order valence-electron chi connectivity index (χ3n) is 5.44. The van der Waals surface area contributed by atoms with Crippen LogP contribution < -0.4 is 5.32 Å². The third kappa shape index (κ3) is 3.82. The van der Waals surface area contributed by atoms with Gasteiger partial charge >= 0.3 is 0 Å². The molecule has 1 aliphatic carbocycles. The molecule has 2 heteroatoms. The van der Waals surface area contributed by atoms with E-state index in [1.54, 1.807) is 0 Å². The number of nitrogens with zero attached hydrogens (tertiary/aromatic N) is 1. The molecule has 0 amide bonds. The van der Waals surface area contributed by atoms with Crippen LogP contribution in [0.2, 0.25) is 0 Å². The average molecular weight is 274 g/mol. The first-order valence-corrected chi connectivity index (χ1v) is 8.19. The molecule has 2 nitrogen and oxygen atoms in total. The summed E-state index contributed by atoms with van der Waals surface area (Å²) in [5.41, 5.74) is 1.86. The molecule has 0 aromatic carbocycles. The molecule has 0 spiro atoms. The molecule has 0 unspecified atom stereocenters. The Labute approximate surface area is 124 Å². The number of rotatable bonds is 5. The summed E-state index contributed by atoms with van der Waals surface area (Å²) in [7, 11) is 0. The molecule has 0 bridgehead atoms. The molecular formula is C18H30N2. The highest BCUT2D eigenvalue weighted by molar-refractivity contribution is 5.14. The Morgan fingerprint density at radius 1 is 1.20 bits per heavy atom. The highest BCUT2D eigenvalue weighted by Gasteiger charge is 2.31. The lowest BCUT2D eigenvalue weighted by Crippen LogP contribution is -2.38. The van der Waals surface area contributed by atoms with E-state index < -0.39 is 0 Å². The zero-order chi connectivity index (χ0) is 14.6. The van der Waals surface area contributed by atoms with Crippen LogP contribution in [0.15, 0.2) is 24.5 Å². The predicted molar refractivity (Wildman–Crippen MR) is 85.6 cm³/mol. The van der Waals surface area contributed by atoms with Crippen molar-refractivity contribution in [2.45, 2.75) is 71.9 Å². The van der Waals surface area contributed by atoms with E-state index in [-0.39, 0.29) is 0 Å². The standard InChI is InChI=1S/C18H30N2/c1-5-18(3,4)16-6-8-17(9-7-16)20-14(2)15-10-12-19-13-11-15/h10-14,16-17,20H,5-9H2,1-4H3/t14-,16?,17?/m0/s1. The van der Waals surface area contributed by atoms with E-state index in [1.807, 2.05) is 12.4 Å². The minimum Gasteiger partial charge on any atom is -0.307 e. The fourth-order valence-electron chi connectivity index (χ4n) is 3.43. The van der Waals surface area contributed by atoms with Crippen molar-refractivity contribution in [2.24, 2.45) is 11.3 Å². The van der Waals surface area contributed by atoms with E-state index in [0.29, 0.717) is 17.5 Å². The van der Waals surface area contributed by atoms with E-state index in [9.17, 15) is 0 Å². The molecule has 112 valence electrons. The van der Waals surface area contributed by atoms with Crippen LogP contribution in [-0.4, -0.2) is 11.0 Å². The highest BCUT2D eigenvalue weighted by Crippen LogP contribution is 2.40. The number of hydrogen-bond donors (Lipinski definition) is 1. The van der Waals surface area contributed by atoms with E-state index in [1.165, 1.54) is 37.7 Å². The molecular weight excluding hydrogens is 244 g/mol. The van der Waals surface area contributed by atoms with Gasteiger partial charge in [0.05, 0.1) is 0 Å². The molecule has 0 radical (unpaired) electrons. The SMILES string of the molecule is CCC(C)(C)C1CCC(N[C@@H](C)c2ccncc2)CC1. The summed E-state index contributed by atoms with van der Waals surface area (Å²) in [6, 6.07) is 5.34. The maximum absolute atomic E-state index is 4.09. The van der Waals surface area contributed by atoms with Crippen molar-refractivity contribution in [3.63, 3.8) is 0 Å². The molecule has 2 rings (SSSR count). The van der Waals surface area contributed by atoms with Gasteiger partial charge in [-0.1, -0.05) is 27.2 Å². The summed E-state index contributed by atoms with van der Waals surface area (Å²) in [6.07, 6.45) is 10.5. The van der Waals surface area contributed by atoms with Crippen molar-refractivity contribution in [2.75, 3.05) is 0 Å². The summed E-state index contributed by atoms with van der Waals surface area (Å²) < 4.78 is 0. The van der Waals surface area contributed by atoms with E-state index in [4.69, 9.17) is 0 Å². The molecule has 0 saturated heterocycles. The van der Waals surface area contributed by atoms with Crippen molar-refractivity contribution < 1.29 is 0 Å². The third-order valence-corrected chi connectivity index (χ3v) is 5.44. The molecule has 20 heavy (non-hydrogen) atoms. The lowest BCUT2D eigenvalue weighted by Gasteiger charge is -2.39. The molecule has 1 saturated carbocycles. The van der Waals surface area contributed by atoms with Gasteiger partial charge in [-0.25, -0.2) is 0 Å². The van der Waals surface area contributed by atoms with Crippen LogP contribution in [0.1, 0.15) is 71.4 Å². The maximum atomic E-state index is 4.09. The minimum absolute atomic E-state index is 0.429. The van der Waals surface area contributed by atoms with Crippen LogP contribution in [-0.2, 0) is 0 Å². The topological polar surface area (TPSA) is 24.9 Å². The first kappa shape index (κ1) is 15.5. The van der Waals surface area contributed by atoms with Crippen molar-refractivity contribution in [1.29, 1.82) is 0 Å². The van der Waals surface area contributed by atoms with Gasteiger partial charge in [0.1, 0.15) is 0 Å². The Morgan fingerprint density at radius 3 is 2.35 bits per heavy atom. The van der Waals surface area contributed by atoms with Gasteiger partial charge in [-0.2, -0.15) is 0 Å². The molecule has 1 fully saturated rings. The van der Waals surface area contributed by atoms with Gasteiger partial charge in [-0.3, -0.25) is 4.98 Å². The Kier molecular flexibility index (Phi) is 5.20. The Balaban J connectivity index is 1.83. The Morgan fingerprint density at radius 2 is 1.80 bits per heavy atom. The van der Waals surface area contributed by atoms with Gasteiger partial charge in [-0.05, 0) is 61.6 Å². The lowest BCUT2D eigenvalue weighted by atomic mass is 9.69. The quantitative estimate of drug-likeness (QED) is 0.840. The Hall–Kier alpha value is -0.890. The van der Waals surface area contributed by atoms with Gasteiger partial charge < -0.3 is 5.32 Å². The zero-order valence-electron chi connectivity index (χ0n) is 13.5. The maximum Gasteiger partial charge on any atom is 0.0295 e. The fourth-order valence-corrected chi connectivity index (χ4v) is 3.43. The lowest BCUT2D eigenvalue weighted by molar-refractivity contribution is 0.134. The first-order chi connectivity index (χ1) is 9.53. The average Bonchev–Trinajstić information content (AvgIpc) is 2.48. The second kappa shape index (κ2) is 6.71. The molecule has 1 aliphatic rings. The second-order valence-corrected chi connectivity index (χ2v) is 7.06. The van der Waals surface area contributed by atoms with Gasteiger partial charge in [0, 0.05) is 24.5 Å². The zero-order valence-corrected chi connectivity index (χ0v) is 13.5. The van der Waals surface area contributed by atoms with Crippen molar-refractivity contribution in [1.82, 2.24) is 10.3 Å². The monoisotopic (exact) mass is 274 g/mol. The largest absolute Gasteiger partial charge is 0.307 e. The predicted octanol–water partition coefficient (Wildman–Crippen LogP) is 4.73. The second-order valence-electron chi connectivity index (χ2n) is 7.06. The summed E-state index contributed by atoms with van der Waals surface area (Å²) in [5, 5.41) is 3.80. The summed E-state index contributed by atoms with van der Waals surface area (Å²) in [6.45, 7) is 9.46.